The molecule has 0 aliphatic heterocycles. The van der Waals surface area contributed by atoms with Crippen LogP contribution in [0.1, 0.15) is 32.3 Å². The van der Waals surface area contributed by atoms with E-state index in [0.717, 1.165) is 5.56 Å². The molecule has 0 spiro atoms. The van der Waals surface area contributed by atoms with Gasteiger partial charge in [-0.2, -0.15) is 13.2 Å². The monoisotopic (exact) mass is 288 g/mol. The Kier molecular flexibility index (Phi) is 5.42. The Morgan fingerprint density at radius 1 is 1.35 bits per heavy atom. The van der Waals surface area contributed by atoms with Crippen molar-refractivity contribution < 1.29 is 18.0 Å². The van der Waals surface area contributed by atoms with Gasteiger partial charge >= 0.3 is 6.18 Å². The third-order valence-electron chi connectivity index (χ3n) is 2.87. The highest BCUT2D eigenvalue weighted by Gasteiger charge is 2.29. The molecule has 3 nitrogen and oxygen atoms in total. The Bertz CT molecular complexity index is 458. The molecule has 0 saturated heterocycles. The molecular weight excluding hydrogens is 269 g/mol. The van der Waals surface area contributed by atoms with Crippen LogP contribution in [0.25, 0.3) is 0 Å². The van der Waals surface area contributed by atoms with Gasteiger partial charge in [-0.25, -0.2) is 0 Å². The number of rotatable bonds is 5. The lowest BCUT2D eigenvalue weighted by molar-refractivity contribution is -0.150. The molecular formula is C14H19F3N2O. The number of alkyl halides is 3. The topological polar surface area (TPSA) is 46.3 Å². The highest BCUT2D eigenvalue weighted by Crippen LogP contribution is 2.23. The lowest BCUT2D eigenvalue weighted by Gasteiger charge is -2.27. The normalized spacial score (nSPS) is 11.7. The first-order valence-corrected chi connectivity index (χ1v) is 6.39. The van der Waals surface area contributed by atoms with Crippen molar-refractivity contribution in [3.8, 4) is 0 Å². The Morgan fingerprint density at radius 3 is 2.50 bits per heavy atom. The molecule has 0 atom stereocenters. The Labute approximate surface area is 116 Å². The minimum atomic E-state index is -4.31. The molecule has 0 heterocycles. The van der Waals surface area contributed by atoms with E-state index in [1.54, 1.807) is 38.1 Å². The summed E-state index contributed by atoms with van der Waals surface area (Å²) >= 11 is 0. The van der Waals surface area contributed by atoms with E-state index >= 15 is 0 Å². The summed E-state index contributed by atoms with van der Waals surface area (Å²) in [5.74, 6) is -0.500. The van der Waals surface area contributed by atoms with Gasteiger partial charge in [-0.05, 0) is 31.5 Å². The summed E-state index contributed by atoms with van der Waals surface area (Å²) in [6.07, 6.45) is -5.93. The van der Waals surface area contributed by atoms with E-state index < -0.39 is 24.9 Å². The van der Waals surface area contributed by atoms with E-state index in [-0.39, 0.29) is 12.6 Å². The third kappa shape index (κ3) is 5.50. The van der Waals surface area contributed by atoms with E-state index in [9.17, 15) is 18.0 Å². The van der Waals surface area contributed by atoms with E-state index in [1.807, 2.05) is 0 Å². The number of amides is 1. The Morgan fingerprint density at radius 2 is 2.00 bits per heavy atom. The smallest absolute Gasteiger partial charge is 0.389 e. The lowest BCUT2D eigenvalue weighted by atomic mass is 10.1. The van der Waals surface area contributed by atoms with Crippen LogP contribution in [0.4, 0.5) is 18.9 Å². The number of halogens is 3. The molecule has 0 fully saturated rings. The van der Waals surface area contributed by atoms with Crippen LogP contribution in [0.15, 0.2) is 24.3 Å². The maximum absolute atomic E-state index is 12.2. The van der Waals surface area contributed by atoms with Crippen molar-refractivity contribution in [1.29, 1.82) is 0 Å². The summed E-state index contributed by atoms with van der Waals surface area (Å²) in [6, 6.07) is 6.81. The quantitative estimate of drug-likeness (QED) is 0.845. The van der Waals surface area contributed by atoms with Crippen LogP contribution in [0.3, 0.4) is 0 Å². The van der Waals surface area contributed by atoms with E-state index in [2.05, 4.69) is 0 Å². The molecule has 0 saturated carbocycles. The molecule has 20 heavy (non-hydrogen) atoms. The van der Waals surface area contributed by atoms with Crippen LogP contribution >= 0.6 is 0 Å². The average Bonchev–Trinajstić information content (AvgIpc) is 2.32. The Hall–Kier alpha value is -1.72. The van der Waals surface area contributed by atoms with Gasteiger partial charge in [-0.15, -0.1) is 0 Å². The third-order valence-corrected chi connectivity index (χ3v) is 2.87. The van der Waals surface area contributed by atoms with Gasteiger partial charge in [0.1, 0.15) is 0 Å². The number of nitrogen functional groups attached to an aromatic ring is 1. The molecule has 1 aromatic rings. The highest BCUT2D eigenvalue weighted by atomic mass is 19.4. The second-order valence-corrected chi connectivity index (χ2v) is 4.98. The van der Waals surface area contributed by atoms with Crippen LogP contribution in [0, 0.1) is 0 Å². The van der Waals surface area contributed by atoms with Crippen LogP contribution < -0.4 is 5.73 Å². The minimum Gasteiger partial charge on any atom is -0.399 e. The van der Waals surface area contributed by atoms with Crippen molar-refractivity contribution in [3.05, 3.63) is 29.8 Å². The second-order valence-electron chi connectivity index (χ2n) is 4.98. The number of nitrogens with two attached hydrogens (primary N) is 1. The molecule has 0 radical (unpaired) electrons. The van der Waals surface area contributed by atoms with E-state index in [1.165, 1.54) is 4.90 Å². The van der Waals surface area contributed by atoms with Gasteiger partial charge in [0.05, 0.1) is 6.42 Å². The van der Waals surface area contributed by atoms with Crippen molar-refractivity contribution in [1.82, 2.24) is 4.90 Å². The van der Waals surface area contributed by atoms with Crippen LogP contribution in [-0.4, -0.2) is 23.0 Å². The Balaban J connectivity index is 2.72. The molecule has 0 bridgehead atoms. The molecule has 0 aliphatic rings. The number of carbonyl (C=O) groups excluding carboxylic acids is 1. The fraction of sp³-hybridized carbons (Fsp3) is 0.500. The minimum absolute atomic E-state index is 0.169. The molecule has 0 aliphatic carbocycles. The standard InChI is InChI=1S/C14H19F3N2O/c1-10(2)19(13(20)6-7-14(15,16)17)9-11-4-3-5-12(18)8-11/h3-5,8,10H,6-7,9,18H2,1-2H3. The van der Waals surface area contributed by atoms with Crippen molar-refractivity contribution >= 4 is 11.6 Å². The summed E-state index contributed by atoms with van der Waals surface area (Å²) in [5, 5.41) is 0. The molecule has 6 heteroatoms. The SMILES string of the molecule is CC(C)N(Cc1cccc(N)c1)C(=O)CCC(F)(F)F. The number of hydrogen-bond acceptors (Lipinski definition) is 2. The lowest BCUT2D eigenvalue weighted by Crippen LogP contribution is -2.36. The van der Waals surface area contributed by atoms with Crippen LogP contribution in [-0.2, 0) is 11.3 Å². The molecule has 1 aromatic carbocycles. The summed E-state index contributed by atoms with van der Waals surface area (Å²) in [5.41, 5.74) is 7.02. The fourth-order valence-electron chi connectivity index (χ4n) is 1.84. The maximum Gasteiger partial charge on any atom is 0.389 e. The largest absolute Gasteiger partial charge is 0.399 e. The maximum atomic E-state index is 12.2. The van der Waals surface area contributed by atoms with Gasteiger partial charge in [0.15, 0.2) is 0 Å². The predicted molar refractivity (Wildman–Crippen MR) is 71.8 cm³/mol. The number of hydrogen-bond donors (Lipinski definition) is 1. The molecule has 2 N–H and O–H groups in total. The van der Waals surface area contributed by atoms with Gasteiger partial charge in [0.25, 0.3) is 0 Å². The number of carbonyl (C=O) groups is 1. The van der Waals surface area contributed by atoms with Crippen molar-refractivity contribution in [3.63, 3.8) is 0 Å². The summed E-state index contributed by atoms with van der Waals surface area (Å²) in [4.78, 5) is 13.3. The molecule has 0 aromatic heterocycles. The zero-order chi connectivity index (χ0) is 15.3. The van der Waals surface area contributed by atoms with Crippen molar-refractivity contribution in [2.75, 3.05) is 5.73 Å². The van der Waals surface area contributed by atoms with Crippen molar-refractivity contribution in [2.45, 2.75) is 45.5 Å². The van der Waals surface area contributed by atoms with Crippen LogP contribution in [0.5, 0.6) is 0 Å². The molecule has 0 unspecified atom stereocenters. The number of benzene rings is 1. The van der Waals surface area contributed by atoms with Gasteiger partial charge in [0.2, 0.25) is 5.91 Å². The zero-order valence-electron chi connectivity index (χ0n) is 11.6. The average molecular weight is 288 g/mol. The fourth-order valence-corrected chi connectivity index (χ4v) is 1.84. The van der Waals surface area contributed by atoms with E-state index in [4.69, 9.17) is 5.73 Å². The summed E-state index contributed by atoms with van der Waals surface area (Å²) in [6.45, 7) is 3.81. The number of nitrogens with zero attached hydrogens (tertiary/aromatic N) is 1. The summed E-state index contributed by atoms with van der Waals surface area (Å²) < 4.78 is 36.5. The highest BCUT2D eigenvalue weighted by molar-refractivity contribution is 5.76. The molecule has 1 rings (SSSR count). The first kappa shape index (κ1) is 16.3. The molecule has 1 amide bonds. The van der Waals surface area contributed by atoms with Gasteiger partial charge in [-0.1, -0.05) is 12.1 Å². The van der Waals surface area contributed by atoms with Crippen LogP contribution in [0.2, 0.25) is 0 Å². The summed E-state index contributed by atoms with van der Waals surface area (Å²) in [7, 11) is 0. The zero-order valence-corrected chi connectivity index (χ0v) is 11.6. The number of anilines is 1. The van der Waals surface area contributed by atoms with Gasteiger partial charge in [-0.3, -0.25) is 4.79 Å². The predicted octanol–water partition coefficient (Wildman–Crippen LogP) is 3.35. The van der Waals surface area contributed by atoms with Crippen molar-refractivity contribution in [2.24, 2.45) is 0 Å². The first-order valence-electron chi connectivity index (χ1n) is 6.39. The van der Waals surface area contributed by atoms with Gasteiger partial charge in [0, 0.05) is 24.7 Å². The van der Waals surface area contributed by atoms with E-state index in [0.29, 0.717) is 5.69 Å². The first-order chi connectivity index (χ1) is 9.19. The molecule has 112 valence electrons. The van der Waals surface area contributed by atoms with Gasteiger partial charge < -0.3 is 10.6 Å². The second kappa shape index (κ2) is 6.63.